The van der Waals surface area contributed by atoms with Crippen LogP contribution in [0.25, 0.3) is 0 Å². The summed E-state index contributed by atoms with van der Waals surface area (Å²) in [5.74, 6) is -0.518. The molecule has 0 aliphatic heterocycles. The molecule has 0 bridgehead atoms. The molecular weight excluding hydrogens is 443 g/mol. The van der Waals surface area contributed by atoms with Crippen LogP contribution >= 0.6 is 0 Å². The van der Waals surface area contributed by atoms with Gasteiger partial charge in [-0.3, -0.25) is 0 Å². The Morgan fingerprint density at radius 3 is 1.88 bits per heavy atom. The van der Waals surface area contributed by atoms with Gasteiger partial charge < -0.3 is 9.47 Å². The second-order valence-electron chi connectivity index (χ2n) is 7.29. The number of benzene rings is 3. The van der Waals surface area contributed by atoms with Gasteiger partial charge in [-0.25, -0.2) is 12.8 Å². The molecule has 1 aromatic heterocycles. The lowest BCUT2D eigenvalue weighted by atomic mass is 10.2. The Morgan fingerprint density at radius 1 is 0.697 bits per heavy atom. The fourth-order valence-electron chi connectivity index (χ4n) is 3.04. The van der Waals surface area contributed by atoms with Crippen LogP contribution in [-0.4, -0.2) is 18.6 Å². The largest absolute Gasteiger partial charge is 0.483 e. The molecule has 3 aromatic carbocycles. The van der Waals surface area contributed by atoms with Crippen molar-refractivity contribution in [1.29, 1.82) is 0 Å². The van der Waals surface area contributed by atoms with Gasteiger partial charge in [0.1, 0.15) is 19.0 Å². The Kier molecular flexibility index (Phi) is 6.95. The summed E-state index contributed by atoms with van der Waals surface area (Å²) in [4.78, 5) is 0. The van der Waals surface area contributed by atoms with E-state index in [0.717, 1.165) is 11.1 Å². The third-order valence-electron chi connectivity index (χ3n) is 4.75. The zero-order valence-corrected chi connectivity index (χ0v) is 18.4. The number of ether oxygens (including phenoxy) is 2. The van der Waals surface area contributed by atoms with Crippen molar-refractivity contribution in [2.24, 2.45) is 0 Å². The van der Waals surface area contributed by atoms with Gasteiger partial charge in [-0.15, -0.1) is 10.2 Å². The average molecular weight is 465 g/mol. The zero-order valence-electron chi connectivity index (χ0n) is 17.6. The van der Waals surface area contributed by atoms with Crippen LogP contribution in [0.1, 0.15) is 16.7 Å². The summed E-state index contributed by atoms with van der Waals surface area (Å²) >= 11 is 0. The van der Waals surface area contributed by atoms with Crippen LogP contribution in [0.4, 0.5) is 4.39 Å². The van der Waals surface area contributed by atoms with Crippen LogP contribution < -0.4 is 9.47 Å². The smallest absolute Gasteiger partial charge is 0.276 e. The van der Waals surface area contributed by atoms with E-state index in [-0.39, 0.29) is 35.6 Å². The van der Waals surface area contributed by atoms with Crippen LogP contribution in [0, 0.1) is 5.82 Å². The standard InChI is InChI=1S/C25H21FN2O4S/c26-22-13-11-21(12-14-22)18-33(29,30)24-15-23(31-16-19-7-3-1-4-8-19)25(28-27-24)32-17-20-9-5-2-6-10-20/h1-15H,16-18H2. The highest BCUT2D eigenvalue weighted by molar-refractivity contribution is 7.90. The van der Waals surface area contributed by atoms with Crippen molar-refractivity contribution in [1.82, 2.24) is 10.2 Å². The van der Waals surface area contributed by atoms with E-state index in [1.165, 1.54) is 30.3 Å². The number of hydrogen-bond acceptors (Lipinski definition) is 6. The van der Waals surface area contributed by atoms with Gasteiger partial charge in [0.25, 0.3) is 5.88 Å². The van der Waals surface area contributed by atoms with Crippen molar-refractivity contribution in [2.45, 2.75) is 24.0 Å². The van der Waals surface area contributed by atoms with Crippen LogP contribution in [0.3, 0.4) is 0 Å². The third kappa shape index (κ3) is 6.14. The van der Waals surface area contributed by atoms with Crippen LogP contribution in [0.15, 0.2) is 96.0 Å². The highest BCUT2D eigenvalue weighted by Crippen LogP contribution is 2.29. The average Bonchev–Trinajstić information content (AvgIpc) is 2.84. The van der Waals surface area contributed by atoms with Gasteiger partial charge in [-0.1, -0.05) is 72.8 Å². The highest BCUT2D eigenvalue weighted by Gasteiger charge is 2.22. The number of nitrogens with zero attached hydrogens (tertiary/aromatic N) is 2. The Labute approximate surface area is 191 Å². The summed E-state index contributed by atoms with van der Waals surface area (Å²) in [5.41, 5.74) is 2.26. The van der Waals surface area contributed by atoms with Gasteiger partial charge in [0.2, 0.25) is 9.84 Å². The summed E-state index contributed by atoms with van der Waals surface area (Å²) in [6.07, 6.45) is 0. The van der Waals surface area contributed by atoms with E-state index in [0.29, 0.717) is 5.56 Å². The number of sulfone groups is 1. The van der Waals surface area contributed by atoms with Crippen molar-refractivity contribution < 1.29 is 22.3 Å². The first-order valence-corrected chi connectivity index (χ1v) is 11.8. The fraction of sp³-hybridized carbons (Fsp3) is 0.120. The maximum atomic E-state index is 13.2. The minimum absolute atomic E-state index is 0.0931. The van der Waals surface area contributed by atoms with E-state index >= 15 is 0 Å². The van der Waals surface area contributed by atoms with Crippen LogP contribution in [0.5, 0.6) is 11.6 Å². The second-order valence-corrected chi connectivity index (χ2v) is 9.22. The predicted octanol–water partition coefficient (Wildman–Crippen LogP) is 4.75. The van der Waals surface area contributed by atoms with Gasteiger partial charge in [-0.2, -0.15) is 0 Å². The van der Waals surface area contributed by atoms with E-state index in [1.807, 2.05) is 60.7 Å². The first-order valence-electron chi connectivity index (χ1n) is 10.2. The van der Waals surface area contributed by atoms with Crippen molar-refractivity contribution in [3.63, 3.8) is 0 Å². The van der Waals surface area contributed by atoms with E-state index in [1.54, 1.807) is 0 Å². The molecule has 0 radical (unpaired) electrons. The van der Waals surface area contributed by atoms with Crippen LogP contribution in [0.2, 0.25) is 0 Å². The van der Waals surface area contributed by atoms with Crippen molar-refractivity contribution in [2.75, 3.05) is 0 Å². The molecule has 0 saturated heterocycles. The third-order valence-corrected chi connectivity index (χ3v) is 6.30. The Hall–Kier alpha value is -3.78. The molecule has 0 aliphatic carbocycles. The molecule has 4 aromatic rings. The van der Waals surface area contributed by atoms with Crippen molar-refractivity contribution >= 4 is 9.84 Å². The van der Waals surface area contributed by atoms with E-state index in [2.05, 4.69) is 10.2 Å². The summed E-state index contributed by atoms with van der Waals surface area (Å²) in [6.45, 7) is 0.421. The molecule has 6 nitrogen and oxygen atoms in total. The molecule has 168 valence electrons. The first kappa shape index (κ1) is 22.4. The molecular formula is C25H21FN2O4S. The summed E-state index contributed by atoms with van der Waals surface area (Å²) in [6, 6.07) is 25.5. The summed E-state index contributed by atoms with van der Waals surface area (Å²) in [5, 5.41) is 7.62. The predicted molar refractivity (Wildman–Crippen MR) is 121 cm³/mol. The topological polar surface area (TPSA) is 78.4 Å². The molecule has 0 saturated carbocycles. The SMILES string of the molecule is O=S(=O)(Cc1ccc(F)cc1)c1cc(OCc2ccccc2)c(OCc2ccccc2)nn1. The number of aromatic nitrogens is 2. The minimum Gasteiger partial charge on any atom is -0.483 e. The molecule has 0 N–H and O–H groups in total. The highest BCUT2D eigenvalue weighted by atomic mass is 32.2. The summed E-state index contributed by atoms with van der Waals surface area (Å²) < 4.78 is 50.6. The number of halogens is 1. The first-order chi connectivity index (χ1) is 16.0. The number of rotatable bonds is 9. The van der Waals surface area contributed by atoms with Gasteiger partial charge in [-0.05, 0) is 28.8 Å². The fourth-order valence-corrected chi connectivity index (χ4v) is 4.27. The van der Waals surface area contributed by atoms with Crippen molar-refractivity contribution in [3.05, 3.63) is 114 Å². The monoisotopic (exact) mass is 464 g/mol. The lowest BCUT2D eigenvalue weighted by molar-refractivity contribution is 0.242. The molecule has 0 aliphatic rings. The van der Waals surface area contributed by atoms with E-state index in [4.69, 9.17) is 9.47 Å². The molecule has 8 heteroatoms. The number of hydrogen-bond donors (Lipinski definition) is 0. The molecule has 0 spiro atoms. The van der Waals surface area contributed by atoms with Gasteiger partial charge in [0.05, 0.1) is 5.75 Å². The van der Waals surface area contributed by atoms with E-state index in [9.17, 15) is 12.8 Å². The lowest BCUT2D eigenvalue weighted by Crippen LogP contribution is -2.10. The zero-order chi connectivity index (χ0) is 23.1. The maximum Gasteiger partial charge on any atom is 0.276 e. The Balaban J connectivity index is 1.58. The van der Waals surface area contributed by atoms with E-state index < -0.39 is 15.7 Å². The van der Waals surface area contributed by atoms with Gasteiger partial charge in [0.15, 0.2) is 10.8 Å². The lowest BCUT2D eigenvalue weighted by Gasteiger charge is -2.13. The molecule has 0 fully saturated rings. The second kappa shape index (κ2) is 10.2. The Morgan fingerprint density at radius 2 is 1.27 bits per heavy atom. The molecule has 0 unspecified atom stereocenters. The molecule has 0 amide bonds. The van der Waals surface area contributed by atoms with Gasteiger partial charge in [0, 0.05) is 6.07 Å². The van der Waals surface area contributed by atoms with Crippen molar-refractivity contribution in [3.8, 4) is 11.6 Å². The molecule has 1 heterocycles. The van der Waals surface area contributed by atoms with Gasteiger partial charge >= 0.3 is 0 Å². The molecule has 4 rings (SSSR count). The molecule has 33 heavy (non-hydrogen) atoms. The molecule has 0 atom stereocenters. The minimum atomic E-state index is -3.85. The normalized spacial score (nSPS) is 11.2. The maximum absolute atomic E-state index is 13.2. The van der Waals surface area contributed by atoms with Crippen LogP contribution in [-0.2, 0) is 28.8 Å². The Bertz CT molecular complexity index is 1300. The quantitative estimate of drug-likeness (QED) is 0.356. The summed E-state index contributed by atoms with van der Waals surface area (Å²) in [7, 11) is -3.85.